The van der Waals surface area contributed by atoms with Crippen LogP contribution in [0.15, 0.2) is 29.6 Å². The van der Waals surface area contributed by atoms with Crippen LogP contribution < -0.4 is 10.1 Å². The smallest absolute Gasteiger partial charge is 0.307 e. The Hall–Kier alpha value is -2.41. The lowest BCUT2D eigenvalue weighted by atomic mass is 9.79. The molecule has 132 valence electrons. The van der Waals surface area contributed by atoms with E-state index < -0.39 is 17.8 Å². The molecule has 1 aromatic heterocycles. The van der Waals surface area contributed by atoms with E-state index in [1.807, 2.05) is 29.6 Å². The topological polar surface area (TPSA) is 88.5 Å². The summed E-state index contributed by atoms with van der Waals surface area (Å²) in [6.45, 7) is 0. The van der Waals surface area contributed by atoms with Gasteiger partial charge < -0.3 is 15.2 Å². The zero-order valence-corrected chi connectivity index (χ0v) is 14.7. The Kier molecular flexibility index (Phi) is 5.33. The molecule has 0 aliphatic heterocycles. The fourth-order valence-corrected chi connectivity index (χ4v) is 3.89. The number of nitrogens with zero attached hydrogens (tertiary/aromatic N) is 1. The zero-order chi connectivity index (χ0) is 17.8. The first-order valence-corrected chi connectivity index (χ1v) is 9.10. The van der Waals surface area contributed by atoms with Gasteiger partial charge in [-0.15, -0.1) is 11.3 Å². The second-order valence-corrected chi connectivity index (χ2v) is 6.95. The number of amides is 1. The fourth-order valence-electron chi connectivity index (χ4n) is 3.16. The van der Waals surface area contributed by atoms with Crippen LogP contribution in [0.1, 0.15) is 25.7 Å². The molecule has 7 heteroatoms. The molecule has 6 nitrogen and oxygen atoms in total. The van der Waals surface area contributed by atoms with Crippen LogP contribution in [0.4, 0.5) is 5.13 Å². The molecule has 1 aliphatic rings. The number of nitrogens with one attached hydrogen (secondary N) is 1. The summed E-state index contributed by atoms with van der Waals surface area (Å²) in [4.78, 5) is 28.3. The quantitative estimate of drug-likeness (QED) is 0.850. The van der Waals surface area contributed by atoms with Gasteiger partial charge in [0.15, 0.2) is 5.13 Å². The number of rotatable bonds is 5. The van der Waals surface area contributed by atoms with Crippen LogP contribution >= 0.6 is 11.3 Å². The lowest BCUT2D eigenvalue weighted by Gasteiger charge is -2.26. The molecular weight excluding hydrogens is 340 g/mol. The van der Waals surface area contributed by atoms with Crippen LogP contribution in [0.5, 0.6) is 5.75 Å². The van der Waals surface area contributed by atoms with Gasteiger partial charge in [-0.1, -0.05) is 12.8 Å². The van der Waals surface area contributed by atoms with Crippen molar-refractivity contribution in [2.45, 2.75) is 25.7 Å². The Morgan fingerprint density at radius 1 is 1.20 bits per heavy atom. The number of hydrogen-bond acceptors (Lipinski definition) is 5. The van der Waals surface area contributed by atoms with E-state index in [1.54, 1.807) is 7.11 Å². The van der Waals surface area contributed by atoms with E-state index in [0.29, 0.717) is 18.0 Å². The molecule has 1 aliphatic carbocycles. The van der Waals surface area contributed by atoms with E-state index in [0.717, 1.165) is 29.8 Å². The number of carbonyl (C=O) groups is 2. The maximum atomic E-state index is 12.5. The number of aliphatic carboxylic acids is 1. The van der Waals surface area contributed by atoms with Gasteiger partial charge in [-0.05, 0) is 37.1 Å². The highest BCUT2D eigenvalue weighted by atomic mass is 32.1. The van der Waals surface area contributed by atoms with Crippen LogP contribution in [-0.2, 0) is 9.59 Å². The van der Waals surface area contributed by atoms with Gasteiger partial charge in [0.2, 0.25) is 5.91 Å². The van der Waals surface area contributed by atoms with Gasteiger partial charge in [0.05, 0.1) is 24.6 Å². The SMILES string of the molecule is COc1ccc(-c2csc(NC(=O)[C@H]3CCCC[C@@H]3C(=O)O)n2)cc1. The molecule has 1 heterocycles. The second-order valence-electron chi connectivity index (χ2n) is 6.09. The third kappa shape index (κ3) is 3.99. The Bertz CT molecular complexity index is 757. The molecule has 25 heavy (non-hydrogen) atoms. The molecule has 0 bridgehead atoms. The highest BCUT2D eigenvalue weighted by Gasteiger charge is 2.35. The zero-order valence-electron chi connectivity index (χ0n) is 13.9. The first kappa shape index (κ1) is 17.4. The molecular formula is C18H20N2O4S. The standard InChI is InChI=1S/C18H20N2O4S/c1-24-12-8-6-11(7-9-12)15-10-25-18(19-15)20-16(21)13-4-2-3-5-14(13)17(22)23/h6-10,13-14H,2-5H2,1H3,(H,22,23)(H,19,20,21)/t13-,14-/m0/s1. The van der Waals surface area contributed by atoms with Crippen molar-refractivity contribution in [3.05, 3.63) is 29.6 Å². The van der Waals surface area contributed by atoms with Crippen molar-refractivity contribution < 1.29 is 19.4 Å². The lowest BCUT2D eigenvalue weighted by molar-refractivity contribution is -0.147. The predicted octanol–water partition coefficient (Wildman–Crippen LogP) is 3.65. The average Bonchev–Trinajstić information content (AvgIpc) is 3.10. The molecule has 1 amide bonds. The lowest BCUT2D eigenvalue weighted by Crippen LogP contribution is -2.36. The highest BCUT2D eigenvalue weighted by Crippen LogP contribution is 2.32. The van der Waals surface area contributed by atoms with Crippen molar-refractivity contribution in [3.8, 4) is 17.0 Å². The van der Waals surface area contributed by atoms with Gasteiger partial charge in [0.25, 0.3) is 0 Å². The normalized spacial score (nSPS) is 20.0. The van der Waals surface area contributed by atoms with Gasteiger partial charge in [-0.25, -0.2) is 4.98 Å². The molecule has 2 N–H and O–H groups in total. The Balaban J connectivity index is 1.69. The molecule has 0 radical (unpaired) electrons. The summed E-state index contributed by atoms with van der Waals surface area (Å²) in [7, 11) is 1.61. The largest absolute Gasteiger partial charge is 0.497 e. The number of carbonyl (C=O) groups excluding carboxylic acids is 1. The summed E-state index contributed by atoms with van der Waals surface area (Å²) in [5, 5.41) is 14.5. The highest BCUT2D eigenvalue weighted by molar-refractivity contribution is 7.14. The Morgan fingerprint density at radius 3 is 2.52 bits per heavy atom. The van der Waals surface area contributed by atoms with Crippen molar-refractivity contribution in [1.29, 1.82) is 0 Å². The predicted molar refractivity (Wildman–Crippen MR) is 95.8 cm³/mol. The van der Waals surface area contributed by atoms with Crippen LogP contribution in [0.2, 0.25) is 0 Å². The molecule has 2 atom stereocenters. The Morgan fingerprint density at radius 2 is 1.88 bits per heavy atom. The van der Waals surface area contributed by atoms with E-state index in [9.17, 15) is 14.7 Å². The number of hydrogen-bond donors (Lipinski definition) is 2. The van der Waals surface area contributed by atoms with E-state index in [-0.39, 0.29) is 5.91 Å². The first-order chi connectivity index (χ1) is 12.1. The third-order valence-corrected chi connectivity index (χ3v) is 5.30. The summed E-state index contributed by atoms with van der Waals surface area (Å²) in [6, 6.07) is 7.51. The Labute approximate surface area is 149 Å². The monoisotopic (exact) mass is 360 g/mol. The van der Waals surface area contributed by atoms with Crippen LogP contribution in [0.25, 0.3) is 11.3 Å². The van der Waals surface area contributed by atoms with Crippen molar-refractivity contribution in [2.24, 2.45) is 11.8 Å². The number of benzene rings is 1. The van der Waals surface area contributed by atoms with Crippen molar-refractivity contribution in [1.82, 2.24) is 4.98 Å². The van der Waals surface area contributed by atoms with Crippen molar-refractivity contribution in [2.75, 3.05) is 12.4 Å². The van der Waals surface area contributed by atoms with Gasteiger partial charge >= 0.3 is 5.97 Å². The second kappa shape index (κ2) is 7.65. The molecule has 1 aromatic carbocycles. The first-order valence-electron chi connectivity index (χ1n) is 8.22. The molecule has 1 fully saturated rings. The number of carboxylic acids is 1. The average molecular weight is 360 g/mol. The molecule has 0 spiro atoms. The summed E-state index contributed by atoms with van der Waals surface area (Å²) >= 11 is 1.33. The molecule has 2 aromatic rings. The number of anilines is 1. The van der Waals surface area contributed by atoms with Crippen LogP contribution in [0.3, 0.4) is 0 Å². The third-order valence-electron chi connectivity index (χ3n) is 4.54. The molecule has 3 rings (SSSR count). The molecule has 1 saturated carbocycles. The number of carboxylic acid groups (broad SMARTS) is 1. The number of methoxy groups -OCH3 is 1. The van der Waals surface area contributed by atoms with Gasteiger partial charge in [-0.2, -0.15) is 0 Å². The molecule has 0 saturated heterocycles. The number of thiazole rings is 1. The van der Waals surface area contributed by atoms with Gasteiger partial charge in [0.1, 0.15) is 5.75 Å². The van der Waals surface area contributed by atoms with Crippen LogP contribution in [0, 0.1) is 11.8 Å². The maximum absolute atomic E-state index is 12.5. The molecule has 0 unspecified atom stereocenters. The number of ether oxygens (including phenoxy) is 1. The van der Waals surface area contributed by atoms with E-state index in [1.165, 1.54) is 11.3 Å². The maximum Gasteiger partial charge on any atom is 0.307 e. The summed E-state index contributed by atoms with van der Waals surface area (Å²) in [5.41, 5.74) is 1.69. The van der Waals surface area contributed by atoms with Crippen molar-refractivity contribution >= 4 is 28.3 Å². The van der Waals surface area contributed by atoms with Crippen molar-refractivity contribution in [3.63, 3.8) is 0 Å². The van der Waals surface area contributed by atoms with E-state index in [4.69, 9.17) is 4.74 Å². The number of aromatic nitrogens is 1. The fraction of sp³-hybridized carbons (Fsp3) is 0.389. The van der Waals surface area contributed by atoms with E-state index >= 15 is 0 Å². The minimum absolute atomic E-state index is 0.247. The summed E-state index contributed by atoms with van der Waals surface area (Å²) in [5.74, 6) is -1.46. The minimum Gasteiger partial charge on any atom is -0.497 e. The van der Waals surface area contributed by atoms with Gasteiger partial charge in [-0.3, -0.25) is 9.59 Å². The summed E-state index contributed by atoms with van der Waals surface area (Å²) < 4.78 is 5.14. The van der Waals surface area contributed by atoms with Crippen LogP contribution in [-0.4, -0.2) is 29.1 Å². The minimum atomic E-state index is -0.891. The summed E-state index contributed by atoms with van der Waals surface area (Å²) in [6.07, 6.45) is 2.92. The van der Waals surface area contributed by atoms with E-state index in [2.05, 4.69) is 10.3 Å². The van der Waals surface area contributed by atoms with Gasteiger partial charge in [0, 0.05) is 10.9 Å².